The monoisotopic (exact) mass is 1090 g/mol. The maximum Gasteiger partial charge on any atom is 0.277 e. The SMILES string of the molecule is CN1c2cc(Oc3c(F)cccc3F)cc3c2B(c2sc4c(c21)Oc1cc(Oc2c(F)cccc2F)cc2c1B4c1ccccc1O2)c1sc2c(c1N3C)N(C)c1cc(Oc3c(F)cccc3F)cc3c1B2c1ccccc1O3. The Morgan fingerprint density at radius 1 is 0.367 bits per heavy atom. The fourth-order valence-corrected chi connectivity index (χ4v) is 15.5. The molecular formula is C59H32B3F6N3O6S2. The average molecular weight is 1090 g/mol. The lowest BCUT2D eigenvalue weighted by Gasteiger charge is -2.41. The van der Waals surface area contributed by atoms with Crippen molar-refractivity contribution < 1.29 is 54.8 Å². The number of hydrogen-bond acceptors (Lipinski definition) is 11. The zero-order valence-electron chi connectivity index (χ0n) is 41.4. The van der Waals surface area contributed by atoms with Gasteiger partial charge in [0.15, 0.2) is 57.9 Å². The maximum absolute atomic E-state index is 15.5. The number of para-hydroxylation sites is 5. The van der Waals surface area contributed by atoms with E-state index < -0.39 is 65.6 Å². The number of nitrogens with zero attached hydrogens (tertiary/aromatic N) is 3. The quantitative estimate of drug-likeness (QED) is 0.120. The Morgan fingerprint density at radius 2 is 0.734 bits per heavy atom. The second kappa shape index (κ2) is 16.6. The smallest absolute Gasteiger partial charge is 0.277 e. The van der Waals surface area contributed by atoms with Crippen molar-refractivity contribution in [3.63, 3.8) is 0 Å². The van der Waals surface area contributed by atoms with Crippen molar-refractivity contribution in [2.45, 2.75) is 0 Å². The van der Waals surface area contributed by atoms with Gasteiger partial charge in [-0.1, -0.05) is 54.6 Å². The molecule has 0 unspecified atom stereocenters. The summed E-state index contributed by atoms with van der Waals surface area (Å²) in [7, 11) is 5.82. The molecule has 0 radical (unpaired) electrons. The van der Waals surface area contributed by atoms with Crippen LogP contribution in [-0.4, -0.2) is 41.3 Å². The maximum atomic E-state index is 15.5. The molecule has 382 valence electrons. The largest absolute Gasteiger partial charge is 0.458 e. The highest BCUT2D eigenvalue weighted by Crippen LogP contribution is 2.52. The fraction of sp³-hybridized carbons (Fsp3) is 0.0508. The fourth-order valence-electron chi connectivity index (χ4n) is 12.3. The Hall–Kier alpha value is -8.87. The lowest BCUT2D eigenvalue weighted by atomic mass is 9.36. The predicted molar refractivity (Wildman–Crippen MR) is 299 cm³/mol. The number of ether oxygens (including phenoxy) is 6. The second-order valence-corrected chi connectivity index (χ2v) is 22.1. The van der Waals surface area contributed by atoms with E-state index in [0.29, 0.717) is 57.0 Å². The van der Waals surface area contributed by atoms with E-state index in [1.165, 1.54) is 18.2 Å². The van der Waals surface area contributed by atoms with Crippen molar-refractivity contribution in [1.29, 1.82) is 0 Å². The molecule has 16 rings (SSSR count). The summed E-state index contributed by atoms with van der Waals surface area (Å²) in [5.41, 5.74) is 8.73. The molecule has 9 nitrogen and oxygen atoms in total. The highest BCUT2D eigenvalue weighted by atomic mass is 32.1. The number of anilines is 6. The van der Waals surface area contributed by atoms with E-state index in [1.807, 2.05) is 74.6 Å². The number of benzene rings is 8. The molecule has 0 spiro atoms. The Bertz CT molecular complexity index is 4330. The Labute approximate surface area is 455 Å². The van der Waals surface area contributed by atoms with Crippen LogP contribution in [0.25, 0.3) is 0 Å². The third-order valence-electron chi connectivity index (χ3n) is 15.6. The summed E-state index contributed by atoms with van der Waals surface area (Å²) < 4.78 is 134. The Kier molecular flexibility index (Phi) is 9.71. The zero-order chi connectivity index (χ0) is 53.4. The molecule has 20 heteroatoms. The normalized spacial score (nSPS) is 14.0. The van der Waals surface area contributed by atoms with Gasteiger partial charge in [0, 0.05) is 99.2 Å². The standard InChI is InChI=1S/C59H32B3F6N3O6S2/c1-69-38-21-27(72-52-32(63)13-8-14-33(52)64)22-39-46(38)62(57-50(69)49-56(78-57)60-30-11-4-6-19-41(30)75-43-24-28(23-40(47(43)60)70(49)2)73-53-34(65)15-9-16-35(53)66)58-51(71(39)3)55-59(79-58)61-31-12-5-7-20-42(31)76-44-25-29(26-45(77-55)48(44)61)74-54-36(67)17-10-18-37(54)68/h4-26H,1-3H3. The molecule has 0 fully saturated rings. The molecule has 0 bridgehead atoms. The van der Waals surface area contributed by atoms with Crippen LogP contribution in [0.1, 0.15) is 0 Å². The van der Waals surface area contributed by atoms with Gasteiger partial charge >= 0.3 is 0 Å². The predicted octanol–water partition coefficient (Wildman–Crippen LogP) is 10.1. The summed E-state index contributed by atoms with van der Waals surface area (Å²) in [6, 6.07) is 36.3. The van der Waals surface area contributed by atoms with Gasteiger partial charge in [-0.05, 0) is 70.4 Å². The molecule has 79 heavy (non-hydrogen) atoms. The molecule has 0 saturated heterocycles. The Morgan fingerprint density at radius 3 is 1.24 bits per heavy atom. The van der Waals surface area contributed by atoms with Crippen LogP contribution < -0.4 is 89.5 Å². The summed E-state index contributed by atoms with van der Waals surface area (Å²) >= 11 is 3.28. The van der Waals surface area contributed by atoms with Gasteiger partial charge in [-0.25, -0.2) is 26.3 Å². The zero-order valence-corrected chi connectivity index (χ0v) is 43.0. The van der Waals surface area contributed by atoms with Crippen molar-refractivity contribution in [2.75, 3.05) is 35.8 Å². The van der Waals surface area contributed by atoms with Crippen molar-refractivity contribution in [1.82, 2.24) is 0 Å². The molecule has 8 aromatic carbocycles. The molecule has 0 atom stereocenters. The van der Waals surface area contributed by atoms with Crippen molar-refractivity contribution >= 4 is 123 Å². The molecule has 8 heterocycles. The van der Waals surface area contributed by atoms with E-state index in [2.05, 4.69) is 9.80 Å². The lowest BCUT2D eigenvalue weighted by molar-refractivity contribution is 0.399. The number of thiophene rings is 2. The molecule has 10 aromatic rings. The van der Waals surface area contributed by atoms with Crippen molar-refractivity contribution in [3.8, 4) is 69.0 Å². The van der Waals surface area contributed by atoms with Gasteiger partial charge in [-0.3, -0.25) is 0 Å². The molecular weight excluding hydrogens is 1060 g/mol. The Balaban J connectivity index is 0.927. The minimum Gasteiger partial charge on any atom is -0.458 e. The summed E-state index contributed by atoms with van der Waals surface area (Å²) in [4.78, 5) is 6.17. The van der Waals surface area contributed by atoms with Crippen LogP contribution in [0.5, 0.6) is 69.0 Å². The van der Waals surface area contributed by atoms with Crippen LogP contribution in [0.15, 0.2) is 140 Å². The van der Waals surface area contributed by atoms with Crippen LogP contribution in [-0.2, 0) is 0 Å². The van der Waals surface area contributed by atoms with Gasteiger partial charge in [0.1, 0.15) is 46.0 Å². The number of fused-ring (bicyclic) bond motifs is 14. The van der Waals surface area contributed by atoms with Crippen molar-refractivity contribution in [3.05, 3.63) is 174 Å². The second-order valence-electron chi connectivity index (χ2n) is 19.9. The van der Waals surface area contributed by atoms with Crippen LogP contribution >= 0.6 is 22.7 Å². The molecule has 6 aliphatic heterocycles. The van der Waals surface area contributed by atoms with Crippen LogP contribution in [0.3, 0.4) is 0 Å². The first kappa shape index (κ1) is 46.3. The summed E-state index contributed by atoms with van der Waals surface area (Å²) in [5.74, 6) is -3.61. The average Bonchev–Trinajstić information content (AvgIpc) is 2.43. The summed E-state index contributed by atoms with van der Waals surface area (Å²) in [5, 5.41) is 0. The van der Waals surface area contributed by atoms with E-state index in [-0.39, 0.29) is 24.0 Å². The van der Waals surface area contributed by atoms with E-state index in [0.717, 1.165) is 94.4 Å². The van der Waals surface area contributed by atoms with Crippen LogP contribution in [0.4, 0.5) is 60.5 Å². The number of halogens is 6. The molecule has 0 amide bonds. The third-order valence-corrected chi connectivity index (χ3v) is 18.2. The minimum absolute atomic E-state index is 0.0825. The molecule has 0 saturated carbocycles. The molecule has 0 aliphatic carbocycles. The topological polar surface area (TPSA) is 65.1 Å². The van der Waals surface area contributed by atoms with E-state index in [4.69, 9.17) is 28.4 Å². The minimum atomic E-state index is -0.883. The summed E-state index contributed by atoms with van der Waals surface area (Å²) in [6.07, 6.45) is 0. The van der Waals surface area contributed by atoms with Crippen molar-refractivity contribution in [2.24, 2.45) is 0 Å². The third kappa shape index (κ3) is 6.49. The number of hydrogen-bond donors (Lipinski definition) is 0. The molecule has 2 aromatic heterocycles. The van der Waals surface area contributed by atoms with Gasteiger partial charge in [0.05, 0.1) is 17.1 Å². The lowest BCUT2D eigenvalue weighted by Crippen LogP contribution is -2.60. The number of rotatable bonds is 6. The molecule has 6 aliphatic rings. The van der Waals surface area contributed by atoms with Crippen LogP contribution in [0, 0.1) is 34.9 Å². The first-order valence-electron chi connectivity index (χ1n) is 25.0. The highest BCUT2D eigenvalue weighted by Gasteiger charge is 2.53. The van der Waals surface area contributed by atoms with E-state index >= 15 is 26.3 Å². The van der Waals surface area contributed by atoms with E-state index in [9.17, 15) is 0 Å². The van der Waals surface area contributed by atoms with Crippen LogP contribution in [0.2, 0.25) is 0 Å². The van der Waals surface area contributed by atoms with Gasteiger partial charge in [-0.2, -0.15) is 22.7 Å². The van der Waals surface area contributed by atoms with E-state index in [1.54, 1.807) is 59.1 Å². The van der Waals surface area contributed by atoms with Gasteiger partial charge in [0.2, 0.25) is 0 Å². The first-order chi connectivity index (χ1) is 38.4. The van der Waals surface area contributed by atoms with Gasteiger partial charge < -0.3 is 43.1 Å². The first-order valence-corrected chi connectivity index (χ1v) is 26.7. The van der Waals surface area contributed by atoms with Gasteiger partial charge in [0.25, 0.3) is 20.1 Å². The highest BCUT2D eigenvalue weighted by molar-refractivity contribution is 7.44. The van der Waals surface area contributed by atoms with Gasteiger partial charge in [-0.15, -0.1) is 0 Å². The molecule has 0 N–H and O–H groups in total. The summed E-state index contributed by atoms with van der Waals surface area (Å²) in [6.45, 7) is -1.27.